The van der Waals surface area contributed by atoms with Crippen LogP contribution < -0.4 is 14.4 Å². The number of imidazole rings is 1. The van der Waals surface area contributed by atoms with Gasteiger partial charge in [0.2, 0.25) is 0 Å². The highest BCUT2D eigenvalue weighted by Crippen LogP contribution is 2.34. The van der Waals surface area contributed by atoms with Crippen molar-refractivity contribution >= 4 is 22.4 Å². The van der Waals surface area contributed by atoms with E-state index in [0.717, 1.165) is 76.2 Å². The number of hydrogen-bond donors (Lipinski definition) is 1. The number of benzene rings is 2. The first-order valence-corrected chi connectivity index (χ1v) is 11.8. The number of fused-ring (bicyclic) bond motifs is 1. The first kappa shape index (κ1) is 23.3. The number of rotatable bonds is 9. The molecule has 0 unspecified atom stereocenters. The van der Waals surface area contributed by atoms with Crippen LogP contribution in [0, 0.1) is 13.8 Å². The van der Waals surface area contributed by atoms with Crippen LogP contribution in [0.3, 0.4) is 0 Å². The minimum absolute atomic E-state index is 0.734. The summed E-state index contributed by atoms with van der Waals surface area (Å²) in [6.45, 7) is 5.63. The molecule has 0 aliphatic rings. The van der Waals surface area contributed by atoms with Crippen molar-refractivity contribution in [2.24, 2.45) is 0 Å². The van der Waals surface area contributed by atoms with Gasteiger partial charge in [-0.25, -0.2) is 9.97 Å². The third kappa shape index (κ3) is 4.72. The van der Waals surface area contributed by atoms with Crippen LogP contribution in [0.15, 0.2) is 61.2 Å². The van der Waals surface area contributed by atoms with E-state index in [-0.39, 0.29) is 0 Å². The van der Waals surface area contributed by atoms with E-state index in [2.05, 4.69) is 41.8 Å². The Hall–Kier alpha value is -4.40. The fourth-order valence-corrected chi connectivity index (χ4v) is 4.30. The molecule has 3 aromatic heterocycles. The van der Waals surface area contributed by atoms with Crippen LogP contribution in [0.25, 0.3) is 22.3 Å². The molecular formula is C27H29N7O2. The molecule has 5 aromatic rings. The lowest BCUT2D eigenvalue weighted by Crippen LogP contribution is -2.20. The largest absolute Gasteiger partial charge is 0.497 e. The van der Waals surface area contributed by atoms with Crippen molar-refractivity contribution in [2.45, 2.75) is 26.8 Å². The Bertz CT molecular complexity index is 1470. The number of hydrogen-bond acceptors (Lipinski definition) is 7. The zero-order chi connectivity index (χ0) is 25.1. The summed E-state index contributed by atoms with van der Waals surface area (Å²) in [4.78, 5) is 16.1. The molecular weight excluding hydrogens is 454 g/mol. The number of H-pyrrole nitrogens is 1. The molecule has 2 aromatic carbocycles. The molecule has 0 radical (unpaired) electrons. The molecule has 36 heavy (non-hydrogen) atoms. The lowest BCUT2D eigenvalue weighted by Gasteiger charge is -2.26. The Morgan fingerprint density at radius 2 is 1.72 bits per heavy atom. The second-order valence-electron chi connectivity index (χ2n) is 8.58. The fraction of sp³-hybridized carbons (Fsp3) is 0.259. The van der Waals surface area contributed by atoms with Crippen molar-refractivity contribution in [1.29, 1.82) is 0 Å². The van der Waals surface area contributed by atoms with Crippen molar-refractivity contribution in [2.75, 3.05) is 25.7 Å². The molecule has 0 aliphatic carbocycles. The highest BCUT2D eigenvalue weighted by molar-refractivity contribution is 5.83. The monoisotopic (exact) mass is 483 g/mol. The SMILES string of the molecule is COc1cc(OC)cc(N(CCCn2ccnc2C)c2ccc3ncc(-c4cn[nH]c4C)nc3c2)c1. The predicted molar refractivity (Wildman–Crippen MR) is 140 cm³/mol. The first-order valence-electron chi connectivity index (χ1n) is 11.8. The first-order chi connectivity index (χ1) is 17.6. The lowest BCUT2D eigenvalue weighted by atomic mass is 10.1. The van der Waals surface area contributed by atoms with Gasteiger partial charge in [0.15, 0.2) is 0 Å². The highest BCUT2D eigenvalue weighted by atomic mass is 16.5. The molecule has 9 nitrogen and oxygen atoms in total. The van der Waals surface area contributed by atoms with E-state index in [1.54, 1.807) is 26.6 Å². The standard InChI is InChI=1S/C27H29N7O2/c1-18-24(16-30-32-18)27-17-29-25-7-6-20(14-26(25)31-27)34(10-5-9-33-11-8-28-19(33)2)21-12-22(35-3)15-23(13-21)36-4/h6-8,11-17H,5,9-10H2,1-4H3,(H,30,32). The second kappa shape index (κ2) is 10.1. The molecule has 0 saturated carbocycles. The minimum Gasteiger partial charge on any atom is -0.497 e. The topological polar surface area (TPSA) is 94.0 Å². The van der Waals surface area contributed by atoms with Gasteiger partial charge in [0.05, 0.1) is 43.3 Å². The molecule has 0 aliphatic heterocycles. The van der Waals surface area contributed by atoms with Crippen LogP contribution in [0.1, 0.15) is 17.9 Å². The summed E-state index contributed by atoms with van der Waals surface area (Å²) >= 11 is 0. The molecule has 0 bridgehead atoms. The van der Waals surface area contributed by atoms with E-state index >= 15 is 0 Å². The average molecular weight is 484 g/mol. The number of methoxy groups -OCH3 is 2. The van der Waals surface area contributed by atoms with E-state index in [1.165, 1.54) is 0 Å². The maximum atomic E-state index is 5.55. The molecule has 1 N–H and O–H groups in total. The number of anilines is 2. The third-order valence-electron chi connectivity index (χ3n) is 6.30. The van der Waals surface area contributed by atoms with E-state index < -0.39 is 0 Å². The molecule has 0 atom stereocenters. The van der Waals surface area contributed by atoms with Crippen LogP contribution in [-0.4, -0.2) is 50.5 Å². The van der Waals surface area contributed by atoms with Crippen LogP contribution in [0.5, 0.6) is 11.5 Å². The summed E-state index contributed by atoms with van der Waals surface area (Å²) in [5.41, 5.74) is 6.32. The van der Waals surface area contributed by atoms with Gasteiger partial charge in [0.25, 0.3) is 0 Å². The molecule has 5 rings (SSSR count). The van der Waals surface area contributed by atoms with Gasteiger partial charge in [-0.05, 0) is 38.5 Å². The molecule has 184 valence electrons. The van der Waals surface area contributed by atoms with Gasteiger partial charge >= 0.3 is 0 Å². The Morgan fingerprint density at radius 1 is 0.917 bits per heavy atom. The predicted octanol–water partition coefficient (Wildman–Crippen LogP) is 5.08. The molecule has 0 saturated heterocycles. The summed E-state index contributed by atoms with van der Waals surface area (Å²) in [5.74, 6) is 2.48. The lowest BCUT2D eigenvalue weighted by molar-refractivity contribution is 0.394. The average Bonchev–Trinajstić information content (AvgIpc) is 3.53. The number of nitrogens with zero attached hydrogens (tertiary/aromatic N) is 6. The van der Waals surface area contributed by atoms with Crippen molar-refractivity contribution in [3.05, 3.63) is 72.7 Å². The number of aryl methyl sites for hydroxylation is 3. The van der Waals surface area contributed by atoms with E-state index in [4.69, 9.17) is 14.5 Å². The van der Waals surface area contributed by atoms with Crippen molar-refractivity contribution in [3.63, 3.8) is 0 Å². The third-order valence-corrected chi connectivity index (χ3v) is 6.30. The van der Waals surface area contributed by atoms with Crippen molar-refractivity contribution < 1.29 is 9.47 Å². The number of aromatic amines is 1. The molecule has 9 heteroatoms. The van der Waals surface area contributed by atoms with Crippen LogP contribution >= 0.6 is 0 Å². The van der Waals surface area contributed by atoms with Gasteiger partial charge in [0.1, 0.15) is 17.3 Å². The zero-order valence-corrected chi connectivity index (χ0v) is 20.9. The van der Waals surface area contributed by atoms with Gasteiger partial charge in [-0.2, -0.15) is 5.10 Å². The molecule has 0 fully saturated rings. The van der Waals surface area contributed by atoms with E-state index in [0.29, 0.717) is 0 Å². The molecule has 3 heterocycles. The van der Waals surface area contributed by atoms with Gasteiger partial charge in [-0.15, -0.1) is 0 Å². The summed E-state index contributed by atoms with van der Waals surface area (Å²) in [6, 6.07) is 12.1. The van der Waals surface area contributed by atoms with E-state index in [1.807, 2.05) is 50.5 Å². The van der Waals surface area contributed by atoms with E-state index in [9.17, 15) is 0 Å². The minimum atomic E-state index is 0.734. The Labute approximate surface area is 209 Å². The number of nitrogens with one attached hydrogen (secondary N) is 1. The maximum Gasteiger partial charge on any atom is 0.124 e. The Balaban J connectivity index is 1.53. The second-order valence-corrected chi connectivity index (χ2v) is 8.58. The van der Waals surface area contributed by atoms with Crippen LogP contribution in [0.2, 0.25) is 0 Å². The highest BCUT2D eigenvalue weighted by Gasteiger charge is 2.15. The Kier molecular flexibility index (Phi) is 6.53. The van der Waals surface area contributed by atoms with Crippen molar-refractivity contribution in [3.8, 4) is 22.8 Å². The molecule has 0 spiro atoms. The Morgan fingerprint density at radius 3 is 2.39 bits per heavy atom. The summed E-state index contributed by atoms with van der Waals surface area (Å²) in [7, 11) is 3.32. The normalized spacial score (nSPS) is 11.1. The summed E-state index contributed by atoms with van der Waals surface area (Å²) < 4.78 is 13.3. The van der Waals surface area contributed by atoms with Gasteiger partial charge < -0.3 is 18.9 Å². The van der Waals surface area contributed by atoms with Crippen molar-refractivity contribution in [1.82, 2.24) is 29.7 Å². The van der Waals surface area contributed by atoms with Gasteiger partial charge in [-0.3, -0.25) is 10.1 Å². The van der Waals surface area contributed by atoms with Gasteiger partial charge in [-0.1, -0.05) is 0 Å². The number of aromatic nitrogens is 6. The zero-order valence-electron chi connectivity index (χ0n) is 20.9. The molecule has 0 amide bonds. The quantitative estimate of drug-likeness (QED) is 0.312. The number of ether oxygens (including phenoxy) is 2. The summed E-state index contributed by atoms with van der Waals surface area (Å²) in [5, 5.41) is 7.10. The fourth-order valence-electron chi connectivity index (χ4n) is 4.30. The summed E-state index contributed by atoms with van der Waals surface area (Å²) in [6.07, 6.45) is 8.33. The smallest absolute Gasteiger partial charge is 0.124 e. The van der Waals surface area contributed by atoms with Crippen LogP contribution in [-0.2, 0) is 6.54 Å². The van der Waals surface area contributed by atoms with Crippen LogP contribution in [0.4, 0.5) is 11.4 Å². The maximum absolute atomic E-state index is 5.55. The van der Waals surface area contributed by atoms with Gasteiger partial charge in [0, 0.05) is 66.3 Å².